The smallest absolute Gasteiger partial charge is 0.117 e. The highest BCUT2D eigenvalue weighted by Crippen LogP contribution is 2.20. The molecule has 130 valence electrons. The van der Waals surface area contributed by atoms with E-state index >= 15 is 0 Å². The van der Waals surface area contributed by atoms with Crippen molar-refractivity contribution in [2.45, 2.75) is 46.3 Å². The number of aromatic nitrogens is 3. The normalized spacial score (nSPS) is 12.3. The molecule has 4 nitrogen and oxygen atoms in total. The predicted molar refractivity (Wildman–Crippen MR) is 102 cm³/mol. The van der Waals surface area contributed by atoms with Gasteiger partial charge in [-0.05, 0) is 25.8 Å². The van der Waals surface area contributed by atoms with Gasteiger partial charge < -0.3 is 5.32 Å². The fourth-order valence-corrected chi connectivity index (χ4v) is 2.66. The summed E-state index contributed by atoms with van der Waals surface area (Å²) < 4.78 is 0. The minimum Gasteiger partial charge on any atom is -0.309 e. The molecule has 0 amide bonds. The van der Waals surface area contributed by atoms with Crippen LogP contribution in [0.5, 0.6) is 0 Å². The maximum Gasteiger partial charge on any atom is 0.117 e. The molecule has 0 bridgehead atoms. The molecule has 0 spiro atoms. The molecule has 3 aromatic rings. The van der Waals surface area contributed by atoms with E-state index in [1.807, 2.05) is 18.2 Å². The lowest BCUT2D eigenvalue weighted by molar-refractivity contribution is 0.520. The molecule has 2 aromatic carbocycles. The molecule has 0 saturated carbocycles. The van der Waals surface area contributed by atoms with Crippen molar-refractivity contribution < 1.29 is 0 Å². The highest BCUT2D eigenvalue weighted by molar-refractivity contribution is 5.60. The van der Waals surface area contributed by atoms with Crippen molar-refractivity contribution in [1.29, 1.82) is 0 Å². The van der Waals surface area contributed by atoms with Gasteiger partial charge in [-0.15, -0.1) is 0 Å². The van der Waals surface area contributed by atoms with Gasteiger partial charge in [0, 0.05) is 18.2 Å². The number of nitrogens with one attached hydrogen (secondary N) is 1. The molecule has 1 heterocycles. The lowest BCUT2D eigenvalue weighted by Gasteiger charge is -2.10. The molecule has 0 aliphatic rings. The van der Waals surface area contributed by atoms with Gasteiger partial charge in [0.2, 0.25) is 0 Å². The van der Waals surface area contributed by atoms with Gasteiger partial charge in [-0.1, -0.05) is 67.1 Å². The van der Waals surface area contributed by atoms with Gasteiger partial charge in [0.05, 0.1) is 6.54 Å². The first kappa shape index (κ1) is 17.4. The number of aryl methyl sites for hydroxylation is 1. The number of nitrogens with zero attached hydrogens (tertiary/aromatic N) is 3. The van der Waals surface area contributed by atoms with E-state index in [-0.39, 0.29) is 0 Å². The summed E-state index contributed by atoms with van der Waals surface area (Å²) in [7, 11) is 0. The van der Waals surface area contributed by atoms with Crippen molar-refractivity contribution in [1.82, 2.24) is 20.3 Å². The molecular weight excluding hydrogens is 308 g/mol. The molecule has 0 aliphatic heterocycles. The molecule has 0 aliphatic carbocycles. The molecule has 1 atom stereocenters. The summed E-state index contributed by atoms with van der Waals surface area (Å²) >= 11 is 0. The number of benzene rings is 2. The van der Waals surface area contributed by atoms with Gasteiger partial charge >= 0.3 is 0 Å². The summed E-state index contributed by atoms with van der Waals surface area (Å²) in [6.07, 6.45) is 1.10. The third kappa shape index (κ3) is 4.54. The van der Waals surface area contributed by atoms with E-state index in [1.165, 1.54) is 11.1 Å². The Hall–Kier alpha value is -2.46. The van der Waals surface area contributed by atoms with Crippen LogP contribution in [0.25, 0.3) is 11.3 Å². The van der Waals surface area contributed by atoms with Crippen molar-refractivity contribution in [3.8, 4) is 11.3 Å². The third-order valence-electron chi connectivity index (χ3n) is 4.45. The van der Waals surface area contributed by atoms with Crippen molar-refractivity contribution in [2.75, 3.05) is 0 Å². The molecule has 4 heteroatoms. The molecule has 1 N–H and O–H groups in total. The van der Waals surface area contributed by atoms with Crippen molar-refractivity contribution in [2.24, 2.45) is 0 Å². The Kier molecular flexibility index (Phi) is 5.61. The first-order valence-electron chi connectivity index (χ1n) is 8.94. The Morgan fingerprint density at radius 3 is 2.40 bits per heavy atom. The van der Waals surface area contributed by atoms with Gasteiger partial charge in [0.1, 0.15) is 11.4 Å². The van der Waals surface area contributed by atoms with Crippen molar-refractivity contribution in [3.63, 3.8) is 0 Å². The Bertz CT molecular complexity index is 791. The van der Waals surface area contributed by atoms with Crippen LogP contribution >= 0.6 is 0 Å². The van der Waals surface area contributed by atoms with Crippen LogP contribution in [0.1, 0.15) is 37.1 Å². The van der Waals surface area contributed by atoms with E-state index in [4.69, 9.17) is 10.2 Å². The molecule has 0 fully saturated rings. The monoisotopic (exact) mass is 334 g/mol. The molecule has 0 radical (unpaired) electrons. The number of hydrogen-bond acceptors (Lipinski definition) is 3. The number of rotatable bonds is 7. The summed E-state index contributed by atoms with van der Waals surface area (Å²) in [4.78, 5) is 1.81. The highest BCUT2D eigenvalue weighted by Gasteiger charge is 2.14. The van der Waals surface area contributed by atoms with E-state index in [0.29, 0.717) is 12.6 Å². The van der Waals surface area contributed by atoms with Crippen LogP contribution in [0.3, 0.4) is 0 Å². The highest BCUT2D eigenvalue weighted by atomic mass is 15.5. The van der Waals surface area contributed by atoms with E-state index < -0.39 is 0 Å². The topological polar surface area (TPSA) is 42.7 Å². The maximum absolute atomic E-state index is 4.77. The van der Waals surface area contributed by atoms with Crippen LogP contribution in [0, 0.1) is 6.92 Å². The summed E-state index contributed by atoms with van der Waals surface area (Å²) in [5.74, 6) is 0. The SMILES string of the molecule is CC[C@@H](C)NCc1nn(Cc2ccc(C)cc2)nc1-c1ccccc1. The Balaban J connectivity index is 1.86. The first-order chi connectivity index (χ1) is 12.2. The molecule has 0 unspecified atom stereocenters. The summed E-state index contributed by atoms with van der Waals surface area (Å²) in [5.41, 5.74) is 5.54. The second-order valence-electron chi connectivity index (χ2n) is 6.57. The van der Waals surface area contributed by atoms with E-state index in [0.717, 1.165) is 29.9 Å². The lowest BCUT2D eigenvalue weighted by atomic mass is 10.1. The zero-order valence-electron chi connectivity index (χ0n) is 15.2. The molecular formula is C21H26N4. The van der Waals surface area contributed by atoms with Crippen LogP contribution in [0.2, 0.25) is 0 Å². The fourth-order valence-electron chi connectivity index (χ4n) is 2.66. The first-order valence-corrected chi connectivity index (χ1v) is 8.94. The molecule has 3 rings (SSSR count). The van der Waals surface area contributed by atoms with E-state index in [2.05, 4.69) is 62.5 Å². The lowest BCUT2D eigenvalue weighted by Crippen LogP contribution is -2.25. The second kappa shape index (κ2) is 8.08. The summed E-state index contributed by atoms with van der Waals surface area (Å²) in [6, 6.07) is 19.3. The van der Waals surface area contributed by atoms with Gasteiger partial charge in [0.25, 0.3) is 0 Å². The third-order valence-corrected chi connectivity index (χ3v) is 4.45. The Morgan fingerprint density at radius 2 is 1.72 bits per heavy atom. The molecule has 25 heavy (non-hydrogen) atoms. The molecule has 0 saturated heterocycles. The van der Waals surface area contributed by atoms with E-state index in [9.17, 15) is 0 Å². The average Bonchev–Trinajstić information content (AvgIpc) is 3.05. The van der Waals surface area contributed by atoms with Crippen LogP contribution in [0.15, 0.2) is 54.6 Å². The quantitative estimate of drug-likeness (QED) is 0.704. The fraction of sp³-hybridized carbons (Fsp3) is 0.333. The van der Waals surface area contributed by atoms with Gasteiger partial charge in [-0.25, -0.2) is 0 Å². The zero-order valence-corrected chi connectivity index (χ0v) is 15.2. The molecule has 1 aromatic heterocycles. The zero-order chi connectivity index (χ0) is 17.6. The van der Waals surface area contributed by atoms with Crippen LogP contribution in [-0.2, 0) is 13.1 Å². The van der Waals surface area contributed by atoms with Gasteiger partial charge in [-0.3, -0.25) is 0 Å². The van der Waals surface area contributed by atoms with Crippen LogP contribution in [0.4, 0.5) is 0 Å². The number of hydrogen-bond donors (Lipinski definition) is 1. The summed E-state index contributed by atoms with van der Waals surface area (Å²) in [5, 5.41) is 13.0. The van der Waals surface area contributed by atoms with Gasteiger partial charge in [-0.2, -0.15) is 15.0 Å². The van der Waals surface area contributed by atoms with E-state index in [1.54, 1.807) is 4.80 Å². The average molecular weight is 334 g/mol. The largest absolute Gasteiger partial charge is 0.309 e. The minimum atomic E-state index is 0.464. The van der Waals surface area contributed by atoms with Crippen molar-refractivity contribution >= 4 is 0 Å². The maximum atomic E-state index is 4.77. The minimum absolute atomic E-state index is 0.464. The Labute approximate surface area is 149 Å². The predicted octanol–water partition coefficient (Wildman–Crippen LogP) is 4.19. The standard InChI is InChI=1S/C21H26N4/c1-4-17(3)22-14-20-21(19-8-6-5-7-9-19)24-25(23-20)15-18-12-10-16(2)11-13-18/h5-13,17,22H,4,14-15H2,1-3H3/t17-/m1/s1. The Morgan fingerprint density at radius 1 is 1.00 bits per heavy atom. The summed E-state index contributed by atoms with van der Waals surface area (Å²) in [6.45, 7) is 7.89. The van der Waals surface area contributed by atoms with Crippen LogP contribution in [-0.4, -0.2) is 21.0 Å². The van der Waals surface area contributed by atoms with Gasteiger partial charge in [0.15, 0.2) is 0 Å². The van der Waals surface area contributed by atoms with Crippen LogP contribution < -0.4 is 5.32 Å². The second-order valence-corrected chi connectivity index (χ2v) is 6.57. The van der Waals surface area contributed by atoms with Crippen molar-refractivity contribution in [3.05, 3.63) is 71.4 Å².